The van der Waals surface area contributed by atoms with Crippen LogP contribution in [0.1, 0.15) is 0 Å². The van der Waals surface area contributed by atoms with Gasteiger partial charge in [-0.3, -0.25) is 0 Å². The number of nitrogens with two attached hydrogens (primary N) is 1. The van der Waals surface area contributed by atoms with E-state index in [1.165, 1.54) is 0 Å². The molecule has 6 heteroatoms. The summed E-state index contributed by atoms with van der Waals surface area (Å²) < 4.78 is 5.02. The van der Waals surface area contributed by atoms with Gasteiger partial charge < -0.3 is 10.8 Å². The van der Waals surface area contributed by atoms with Gasteiger partial charge in [0.05, 0.1) is 0 Å². The molecule has 0 aliphatic carbocycles. The normalized spacial score (nSPS) is 10.9. The Morgan fingerprint density at radius 2 is 1.25 bits per heavy atom. The topological polar surface area (TPSA) is 77.0 Å². The van der Waals surface area contributed by atoms with E-state index < -0.39 is 0 Å². The molecule has 0 radical (unpaired) electrons. The second-order valence-corrected chi connectivity index (χ2v) is 5.75. The summed E-state index contributed by atoms with van der Waals surface area (Å²) in [5.41, 5.74) is 13.1. The average Bonchev–Trinajstić information content (AvgIpc) is 3.12. The Balaban J connectivity index is 1.86. The third-order valence-electron chi connectivity index (χ3n) is 4.00. The fraction of sp³-hybridized carbons (Fsp3) is 0. The quantitative estimate of drug-likeness (QED) is 0.430. The van der Waals surface area contributed by atoms with Crippen LogP contribution in [0.3, 0.4) is 0 Å². The molecule has 0 spiro atoms. The summed E-state index contributed by atoms with van der Waals surface area (Å²) in [5, 5.41) is 11.2. The van der Waals surface area contributed by atoms with Crippen LogP contribution in [0, 0.1) is 0 Å². The minimum atomic E-state index is 0.729. The molecular formula is C18H15N4OP. The smallest absolute Gasteiger partial charge is 0.143 e. The molecule has 1 heterocycles. The van der Waals surface area contributed by atoms with Gasteiger partial charge in [-0.1, -0.05) is 36.4 Å². The highest BCUT2D eigenvalue weighted by molar-refractivity contribution is 7.18. The predicted octanol–water partition coefficient (Wildman–Crippen LogP) is 4.34. The molecule has 0 fully saturated rings. The molecule has 118 valence electrons. The minimum absolute atomic E-state index is 0.729. The summed E-state index contributed by atoms with van der Waals surface area (Å²) in [7, 11) is 2.48. The van der Waals surface area contributed by atoms with Crippen molar-refractivity contribution in [3.8, 4) is 22.3 Å². The number of fused-ring (bicyclic) bond motifs is 1. The van der Waals surface area contributed by atoms with E-state index in [1.54, 1.807) is 0 Å². The Kier molecular flexibility index (Phi) is 3.63. The second kappa shape index (κ2) is 5.95. The fourth-order valence-corrected chi connectivity index (χ4v) is 2.93. The lowest BCUT2D eigenvalue weighted by molar-refractivity contribution is 0.315. The number of nitrogens with one attached hydrogen (secondary N) is 1. The largest absolute Gasteiger partial charge is 0.399 e. The van der Waals surface area contributed by atoms with Gasteiger partial charge in [0.2, 0.25) is 0 Å². The molecule has 0 aliphatic heterocycles. The first-order chi connectivity index (χ1) is 11.8. The van der Waals surface area contributed by atoms with E-state index in [0.717, 1.165) is 44.7 Å². The van der Waals surface area contributed by atoms with E-state index in [-0.39, 0.29) is 0 Å². The molecule has 4 aromatic rings. The Hall–Kier alpha value is -2.91. The lowest BCUT2D eigenvalue weighted by atomic mass is 9.97. The monoisotopic (exact) mass is 334 g/mol. The van der Waals surface area contributed by atoms with Crippen molar-refractivity contribution in [2.45, 2.75) is 0 Å². The second-order valence-electron chi connectivity index (χ2n) is 5.47. The molecule has 0 aliphatic rings. The molecule has 0 saturated heterocycles. The van der Waals surface area contributed by atoms with Gasteiger partial charge in [-0.2, -0.15) is 0 Å². The Morgan fingerprint density at radius 3 is 1.75 bits per heavy atom. The summed E-state index contributed by atoms with van der Waals surface area (Å²) in [6.07, 6.45) is 0. The van der Waals surface area contributed by atoms with Crippen molar-refractivity contribution in [1.29, 1.82) is 0 Å². The van der Waals surface area contributed by atoms with Gasteiger partial charge in [-0.15, -0.1) is 0 Å². The molecule has 1 unspecified atom stereocenters. The molecule has 0 amide bonds. The van der Waals surface area contributed by atoms with Crippen LogP contribution in [0.5, 0.6) is 0 Å². The highest BCUT2D eigenvalue weighted by atomic mass is 31.0. The summed E-state index contributed by atoms with van der Waals surface area (Å²) in [4.78, 5) is 0. The molecule has 0 bridgehead atoms. The maximum Gasteiger partial charge on any atom is 0.143 e. The van der Waals surface area contributed by atoms with Crippen LogP contribution in [-0.4, -0.2) is 10.3 Å². The molecule has 0 saturated carbocycles. The molecule has 3 aromatic carbocycles. The first-order valence-electron chi connectivity index (χ1n) is 7.44. The number of rotatable bonds is 3. The number of nitrogens with zero attached hydrogens (tertiary/aromatic N) is 2. The molecule has 3 N–H and O–H groups in total. The maximum atomic E-state index is 5.77. The Morgan fingerprint density at radius 1 is 0.750 bits per heavy atom. The third-order valence-corrected chi connectivity index (χ3v) is 4.33. The molecule has 4 rings (SSSR count). The zero-order chi connectivity index (χ0) is 16.5. The van der Waals surface area contributed by atoms with E-state index >= 15 is 0 Å². The van der Waals surface area contributed by atoms with E-state index in [1.807, 2.05) is 60.7 Å². The van der Waals surface area contributed by atoms with Crippen molar-refractivity contribution in [3.05, 3.63) is 60.7 Å². The highest BCUT2D eigenvalue weighted by Gasteiger charge is 2.14. The fourth-order valence-electron chi connectivity index (χ4n) is 2.74. The van der Waals surface area contributed by atoms with Crippen molar-refractivity contribution in [2.24, 2.45) is 0 Å². The van der Waals surface area contributed by atoms with Crippen LogP contribution in [0.2, 0.25) is 0 Å². The van der Waals surface area contributed by atoms with Gasteiger partial charge in [0.25, 0.3) is 0 Å². The standard InChI is InChI=1S/C18H15N4OP/c19-13-5-1-11(2-6-13)15-9-10-16(18-17(15)20-23-21-18)12-3-7-14(22-24)8-4-12/h1-10,22H,19,24H2. The third kappa shape index (κ3) is 2.49. The molecule has 24 heavy (non-hydrogen) atoms. The SMILES string of the molecule is Nc1ccc(-c2ccc(-c3ccc(NP)cc3)c3nonc23)cc1. The van der Waals surface area contributed by atoms with Gasteiger partial charge in [-0.25, -0.2) is 4.63 Å². The van der Waals surface area contributed by atoms with Crippen LogP contribution in [-0.2, 0) is 0 Å². The number of hydrogen-bond acceptors (Lipinski definition) is 5. The number of hydrogen-bond donors (Lipinski definition) is 2. The molecular weight excluding hydrogens is 319 g/mol. The van der Waals surface area contributed by atoms with E-state index in [0.29, 0.717) is 0 Å². The first kappa shape index (κ1) is 14.7. The Bertz CT molecular complexity index is 994. The summed E-state index contributed by atoms with van der Waals surface area (Å²) in [5.74, 6) is 0. The van der Waals surface area contributed by atoms with Gasteiger partial charge >= 0.3 is 0 Å². The Labute approximate surface area is 141 Å². The maximum absolute atomic E-state index is 5.77. The van der Waals surface area contributed by atoms with Crippen molar-refractivity contribution in [2.75, 3.05) is 10.8 Å². The van der Waals surface area contributed by atoms with Crippen LogP contribution in [0.4, 0.5) is 11.4 Å². The predicted molar refractivity (Wildman–Crippen MR) is 100 cm³/mol. The minimum Gasteiger partial charge on any atom is -0.399 e. The van der Waals surface area contributed by atoms with Crippen molar-refractivity contribution in [1.82, 2.24) is 10.3 Å². The van der Waals surface area contributed by atoms with Gasteiger partial charge in [0.15, 0.2) is 0 Å². The lowest BCUT2D eigenvalue weighted by Crippen LogP contribution is -1.87. The zero-order valence-corrected chi connectivity index (χ0v) is 13.9. The summed E-state index contributed by atoms with van der Waals surface area (Å²) >= 11 is 0. The highest BCUT2D eigenvalue weighted by Crippen LogP contribution is 2.34. The van der Waals surface area contributed by atoms with Crippen LogP contribution in [0.25, 0.3) is 33.3 Å². The van der Waals surface area contributed by atoms with Gasteiger partial charge in [0, 0.05) is 22.5 Å². The number of nitrogen functional groups attached to an aromatic ring is 1. The summed E-state index contributed by atoms with van der Waals surface area (Å²) in [6.45, 7) is 0. The summed E-state index contributed by atoms with van der Waals surface area (Å²) in [6, 6.07) is 19.9. The van der Waals surface area contributed by atoms with Gasteiger partial charge in [-0.05, 0) is 55.1 Å². The molecule has 5 nitrogen and oxygen atoms in total. The van der Waals surface area contributed by atoms with Crippen LogP contribution < -0.4 is 10.8 Å². The number of anilines is 2. The first-order valence-corrected chi connectivity index (χ1v) is 8.02. The molecule has 1 atom stereocenters. The number of aromatic nitrogens is 2. The number of benzene rings is 3. The van der Waals surface area contributed by atoms with Crippen molar-refractivity contribution >= 4 is 31.8 Å². The van der Waals surface area contributed by atoms with Gasteiger partial charge in [0.1, 0.15) is 11.0 Å². The van der Waals surface area contributed by atoms with E-state index in [9.17, 15) is 0 Å². The van der Waals surface area contributed by atoms with Crippen LogP contribution in [0.15, 0.2) is 65.3 Å². The average molecular weight is 334 g/mol. The van der Waals surface area contributed by atoms with E-state index in [2.05, 4.69) is 24.8 Å². The lowest BCUT2D eigenvalue weighted by Gasteiger charge is -2.07. The zero-order valence-electron chi connectivity index (χ0n) is 12.7. The van der Waals surface area contributed by atoms with E-state index in [4.69, 9.17) is 10.4 Å². The molecule has 1 aromatic heterocycles. The van der Waals surface area contributed by atoms with Crippen LogP contribution >= 0.6 is 9.39 Å². The van der Waals surface area contributed by atoms with Crippen molar-refractivity contribution in [3.63, 3.8) is 0 Å². The van der Waals surface area contributed by atoms with Crippen molar-refractivity contribution < 1.29 is 4.63 Å².